The standard InChI is InChI=1S/C10H11NO3/c12-8-3-1-2-7-6(4-9(13)14)5-11-10(7)8/h1-3,6,11-12H,4-5H2,(H,13,14). The largest absolute Gasteiger partial charge is 0.506 e. The molecule has 0 fully saturated rings. The molecule has 1 aromatic carbocycles. The Morgan fingerprint density at radius 2 is 2.36 bits per heavy atom. The minimum atomic E-state index is -0.812. The number of benzene rings is 1. The van der Waals surface area contributed by atoms with E-state index in [1.165, 1.54) is 0 Å². The Labute approximate surface area is 81.2 Å². The maximum Gasteiger partial charge on any atom is 0.304 e. The molecule has 0 saturated heterocycles. The van der Waals surface area contributed by atoms with Crippen LogP contribution in [0.4, 0.5) is 5.69 Å². The fourth-order valence-electron chi connectivity index (χ4n) is 1.82. The van der Waals surface area contributed by atoms with Gasteiger partial charge in [0.15, 0.2) is 0 Å². The molecular weight excluding hydrogens is 182 g/mol. The van der Waals surface area contributed by atoms with Gasteiger partial charge in [0.1, 0.15) is 5.75 Å². The summed E-state index contributed by atoms with van der Waals surface area (Å²) >= 11 is 0. The van der Waals surface area contributed by atoms with E-state index in [0.717, 1.165) is 5.56 Å². The lowest BCUT2D eigenvalue weighted by Gasteiger charge is -2.06. The molecule has 0 spiro atoms. The summed E-state index contributed by atoms with van der Waals surface area (Å²) in [6, 6.07) is 5.17. The van der Waals surface area contributed by atoms with E-state index in [9.17, 15) is 9.90 Å². The number of fused-ring (bicyclic) bond motifs is 1. The van der Waals surface area contributed by atoms with Gasteiger partial charge in [-0.05, 0) is 11.6 Å². The van der Waals surface area contributed by atoms with Crippen LogP contribution >= 0.6 is 0 Å². The van der Waals surface area contributed by atoms with Crippen molar-refractivity contribution in [3.05, 3.63) is 23.8 Å². The monoisotopic (exact) mass is 193 g/mol. The highest BCUT2D eigenvalue weighted by molar-refractivity contribution is 5.72. The van der Waals surface area contributed by atoms with Crippen molar-refractivity contribution >= 4 is 11.7 Å². The maximum atomic E-state index is 10.6. The highest BCUT2D eigenvalue weighted by Gasteiger charge is 2.25. The number of aliphatic carboxylic acids is 1. The number of anilines is 1. The lowest BCUT2D eigenvalue weighted by atomic mass is 9.98. The molecule has 4 heteroatoms. The fourth-order valence-corrected chi connectivity index (χ4v) is 1.82. The Bertz CT molecular complexity index is 376. The van der Waals surface area contributed by atoms with Crippen LogP contribution in [0.15, 0.2) is 18.2 Å². The van der Waals surface area contributed by atoms with E-state index in [-0.39, 0.29) is 18.1 Å². The maximum absolute atomic E-state index is 10.6. The topological polar surface area (TPSA) is 69.6 Å². The molecule has 4 nitrogen and oxygen atoms in total. The van der Waals surface area contributed by atoms with Gasteiger partial charge in [0, 0.05) is 12.5 Å². The van der Waals surface area contributed by atoms with E-state index in [2.05, 4.69) is 5.32 Å². The first-order valence-electron chi connectivity index (χ1n) is 4.46. The van der Waals surface area contributed by atoms with Gasteiger partial charge in [-0.3, -0.25) is 4.79 Å². The third kappa shape index (κ3) is 1.39. The van der Waals surface area contributed by atoms with Crippen molar-refractivity contribution in [3.63, 3.8) is 0 Å². The summed E-state index contributed by atoms with van der Waals surface area (Å²) in [5.41, 5.74) is 1.58. The molecule has 1 aliphatic rings. The molecule has 0 aliphatic carbocycles. The predicted octanol–water partition coefficient (Wildman–Crippen LogP) is 1.38. The second-order valence-corrected chi connectivity index (χ2v) is 3.42. The van der Waals surface area contributed by atoms with Crippen LogP contribution in [0, 0.1) is 0 Å². The third-order valence-corrected chi connectivity index (χ3v) is 2.46. The SMILES string of the molecule is O=C(O)CC1CNc2c(O)cccc21. The van der Waals surface area contributed by atoms with Crippen molar-refractivity contribution in [2.45, 2.75) is 12.3 Å². The van der Waals surface area contributed by atoms with Gasteiger partial charge in [0.05, 0.1) is 12.1 Å². The van der Waals surface area contributed by atoms with Crippen LogP contribution in [0.3, 0.4) is 0 Å². The Morgan fingerprint density at radius 1 is 1.57 bits per heavy atom. The first-order chi connectivity index (χ1) is 6.68. The number of para-hydroxylation sites is 1. The number of carboxylic acid groups (broad SMARTS) is 1. The average molecular weight is 193 g/mol. The number of rotatable bonds is 2. The second kappa shape index (κ2) is 3.21. The van der Waals surface area contributed by atoms with E-state index in [4.69, 9.17) is 5.11 Å². The number of phenols is 1. The van der Waals surface area contributed by atoms with Crippen molar-refractivity contribution in [2.24, 2.45) is 0 Å². The summed E-state index contributed by atoms with van der Waals surface area (Å²) in [6.45, 7) is 0.583. The minimum Gasteiger partial charge on any atom is -0.506 e. The van der Waals surface area contributed by atoms with Crippen LogP contribution in [0.25, 0.3) is 0 Å². The number of aromatic hydroxyl groups is 1. The Balaban J connectivity index is 2.30. The van der Waals surface area contributed by atoms with E-state index >= 15 is 0 Å². The van der Waals surface area contributed by atoms with Crippen LogP contribution in [-0.4, -0.2) is 22.7 Å². The zero-order valence-electron chi connectivity index (χ0n) is 7.53. The molecule has 2 rings (SSSR count). The van der Waals surface area contributed by atoms with Crippen molar-refractivity contribution in [3.8, 4) is 5.75 Å². The quantitative estimate of drug-likeness (QED) is 0.620. The molecule has 1 heterocycles. The first-order valence-corrected chi connectivity index (χ1v) is 4.46. The van der Waals surface area contributed by atoms with Gasteiger partial charge in [0.2, 0.25) is 0 Å². The summed E-state index contributed by atoms with van der Waals surface area (Å²) in [6.07, 6.45) is 0.101. The molecule has 0 amide bonds. The molecule has 1 aliphatic heterocycles. The number of hydrogen-bond donors (Lipinski definition) is 3. The van der Waals surface area contributed by atoms with E-state index in [1.807, 2.05) is 6.07 Å². The Hall–Kier alpha value is -1.71. The van der Waals surface area contributed by atoms with Gasteiger partial charge in [-0.15, -0.1) is 0 Å². The first kappa shape index (κ1) is 8.87. The third-order valence-electron chi connectivity index (χ3n) is 2.46. The van der Waals surface area contributed by atoms with Crippen molar-refractivity contribution < 1.29 is 15.0 Å². The average Bonchev–Trinajstić information content (AvgIpc) is 2.49. The molecule has 1 atom stereocenters. The fraction of sp³-hybridized carbons (Fsp3) is 0.300. The summed E-state index contributed by atoms with van der Waals surface area (Å²) in [5, 5.41) is 21.2. The van der Waals surface area contributed by atoms with E-state index < -0.39 is 5.97 Å². The number of hydrogen-bond acceptors (Lipinski definition) is 3. The normalized spacial score (nSPS) is 18.7. The number of phenolic OH excluding ortho intramolecular Hbond substituents is 1. The van der Waals surface area contributed by atoms with Gasteiger partial charge in [0.25, 0.3) is 0 Å². The van der Waals surface area contributed by atoms with E-state index in [0.29, 0.717) is 12.2 Å². The zero-order chi connectivity index (χ0) is 10.1. The van der Waals surface area contributed by atoms with Gasteiger partial charge in [-0.1, -0.05) is 12.1 Å². The Kier molecular flexibility index (Phi) is 2.04. The molecule has 1 aromatic rings. The molecule has 0 aromatic heterocycles. The molecule has 3 N–H and O–H groups in total. The Morgan fingerprint density at radius 3 is 3.07 bits per heavy atom. The summed E-state index contributed by atoms with van der Waals surface area (Å²) in [4.78, 5) is 10.6. The smallest absolute Gasteiger partial charge is 0.304 e. The van der Waals surface area contributed by atoms with Crippen LogP contribution < -0.4 is 5.32 Å². The highest BCUT2D eigenvalue weighted by atomic mass is 16.4. The molecule has 0 radical (unpaired) electrons. The van der Waals surface area contributed by atoms with Gasteiger partial charge in [-0.25, -0.2) is 0 Å². The number of nitrogens with one attached hydrogen (secondary N) is 1. The number of carboxylic acids is 1. The van der Waals surface area contributed by atoms with Gasteiger partial charge < -0.3 is 15.5 Å². The van der Waals surface area contributed by atoms with Crippen LogP contribution in [0.2, 0.25) is 0 Å². The highest BCUT2D eigenvalue weighted by Crippen LogP contribution is 2.39. The van der Waals surface area contributed by atoms with Crippen LogP contribution in [0.1, 0.15) is 17.9 Å². The molecule has 14 heavy (non-hydrogen) atoms. The van der Waals surface area contributed by atoms with E-state index in [1.54, 1.807) is 12.1 Å². The molecular formula is C10H11NO3. The van der Waals surface area contributed by atoms with Crippen molar-refractivity contribution in [1.29, 1.82) is 0 Å². The lowest BCUT2D eigenvalue weighted by molar-refractivity contribution is -0.137. The summed E-state index contributed by atoms with van der Waals surface area (Å²) in [5.74, 6) is -0.655. The van der Waals surface area contributed by atoms with Crippen LogP contribution in [0.5, 0.6) is 5.75 Å². The van der Waals surface area contributed by atoms with Crippen LogP contribution in [-0.2, 0) is 4.79 Å². The summed E-state index contributed by atoms with van der Waals surface area (Å²) < 4.78 is 0. The predicted molar refractivity (Wildman–Crippen MR) is 51.6 cm³/mol. The molecule has 0 saturated carbocycles. The van der Waals surface area contributed by atoms with Crippen molar-refractivity contribution in [2.75, 3.05) is 11.9 Å². The van der Waals surface area contributed by atoms with Gasteiger partial charge in [-0.2, -0.15) is 0 Å². The lowest BCUT2D eigenvalue weighted by Crippen LogP contribution is -2.07. The molecule has 1 unspecified atom stereocenters. The zero-order valence-corrected chi connectivity index (χ0v) is 7.53. The van der Waals surface area contributed by atoms with Crippen molar-refractivity contribution in [1.82, 2.24) is 0 Å². The second-order valence-electron chi connectivity index (χ2n) is 3.42. The summed E-state index contributed by atoms with van der Waals surface area (Å²) in [7, 11) is 0. The minimum absolute atomic E-state index is 0.0328. The molecule has 74 valence electrons. The number of carbonyl (C=O) groups is 1. The molecule has 0 bridgehead atoms. The van der Waals surface area contributed by atoms with Gasteiger partial charge >= 0.3 is 5.97 Å².